The molecule has 2 aromatic rings. The van der Waals surface area contributed by atoms with Crippen molar-refractivity contribution in [3.8, 4) is 0 Å². The lowest BCUT2D eigenvalue weighted by molar-refractivity contribution is 0.0695. The van der Waals surface area contributed by atoms with Crippen molar-refractivity contribution in [1.29, 1.82) is 0 Å². The smallest absolute Gasteiger partial charge is 0.336 e. The third-order valence-electron chi connectivity index (χ3n) is 3.25. The van der Waals surface area contributed by atoms with E-state index in [2.05, 4.69) is 10.6 Å². The molecule has 0 saturated carbocycles. The number of hydrogen-bond acceptors (Lipinski definition) is 3. The zero-order chi connectivity index (χ0) is 15.4. The molecule has 2 rings (SSSR count). The first-order valence-corrected chi connectivity index (χ1v) is 6.45. The van der Waals surface area contributed by atoms with Crippen molar-refractivity contribution in [2.24, 2.45) is 0 Å². The number of anilines is 2. The summed E-state index contributed by atoms with van der Waals surface area (Å²) in [5.41, 5.74) is 2.41. The summed E-state index contributed by atoms with van der Waals surface area (Å²) < 4.78 is 0. The zero-order valence-electron chi connectivity index (χ0n) is 11.8. The lowest BCUT2D eigenvalue weighted by Crippen LogP contribution is -2.15. The Balaban J connectivity index is 2.32. The number of carbonyl (C=O) groups excluding carboxylic acids is 1. The SMILES string of the molecule is CNc1ccccc1C(=O)Nc1cccc(C(=O)O)c1C. The second kappa shape index (κ2) is 6.09. The summed E-state index contributed by atoms with van der Waals surface area (Å²) in [5, 5.41) is 14.8. The summed E-state index contributed by atoms with van der Waals surface area (Å²) in [7, 11) is 1.74. The van der Waals surface area contributed by atoms with E-state index in [-0.39, 0.29) is 11.5 Å². The molecule has 0 aliphatic rings. The van der Waals surface area contributed by atoms with Gasteiger partial charge >= 0.3 is 5.97 Å². The summed E-state index contributed by atoms with van der Waals surface area (Å²) in [5.74, 6) is -1.30. The van der Waals surface area contributed by atoms with Gasteiger partial charge < -0.3 is 15.7 Å². The van der Waals surface area contributed by atoms with Gasteiger partial charge in [0.05, 0.1) is 11.1 Å². The molecule has 0 aliphatic carbocycles. The molecule has 3 N–H and O–H groups in total. The van der Waals surface area contributed by atoms with E-state index in [1.54, 1.807) is 44.3 Å². The Morgan fingerprint density at radius 1 is 0.952 bits per heavy atom. The predicted octanol–water partition coefficient (Wildman–Crippen LogP) is 2.99. The van der Waals surface area contributed by atoms with E-state index in [0.717, 1.165) is 0 Å². The predicted molar refractivity (Wildman–Crippen MR) is 82.1 cm³/mol. The normalized spacial score (nSPS) is 10.0. The minimum absolute atomic E-state index is 0.176. The fraction of sp³-hybridized carbons (Fsp3) is 0.125. The zero-order valence-corrected chi connectivity index (χ0v) is 11.8. The van der Waals surface area contributed by atoms with Crippen LogP contribution < -0.4 is 10.6 Å². The van der Waals surface area contributed by atoms with Gasteiger partial charge in [0.15, 0.2) is 0 Å². The van der Waals surface area contributed by atoms with Crippen molar-refractivity contribution in [1.82, 2.24) is 0 Å². The first kappa shape index (κ1) is 14.6. The van der Waals surface area contributed by atoms with Gasteiger partial charge in [0, 0.05) is 18.4 Å². The fourth-order valence-electron chi connectivity index (χ4n) is 2.09. The van der Waals surface area contributed by atoms with E-state index in [4.69, 9.17) is 5.11 Å². The first-order chi connectivity index (χ1) is 10.0. The molecule has 2 aromatic carbocycles. The van der Waals surface area contributed by atoms with Gasteiger partial charge in [0.25, 0.3) is 5.91 Å². The van der Waals surface area contributed by atoms with Crippen LogP contribution in [0.1, 0.15) is 26.3 Å². The summed E-state index contributed by atoms with van der Waals surface area (Å²) in [6.45, 7) is 1.67. The molecule has 0 atom stereocenters. The van der Waals surface area contributed by atoms with E-state index in [0.29, 0.717) is 22.5 Å². The topological polar surface area (TPSA) is 78.4 Å². The van der Waals surface area contributed by atoms with Crippen molar-refractivity contribution in [3.63, 3.8) is 0 Å². The van der Waals surface area contributed by atoms with Gasteiger partial charge in [-0.1, -0.05) is 18.2 Å². The quantitative estimate of drug-likeness (QED) is 0.806. The lowest BCUT2D eigenvalue weighted by Gasteiger charge is -2.12. The number of carboxylic acid groups (broad SMARTS) is 1. The Labute approximate surface area is 122 Å². The molecule has 0 saturated heterocycles. The highest BCUT2D eigenvalue weighted by molar-refractivity contribution is 6.08. The van der Waals surface area contributed by atoms with Gasteiger partial charge in [-0.15, -0.1) is 0 Å². The first-order valence-electron chi connectivity index (χ1n) is 6.45. The molecule has 108 valence electrons. The molecule has 0 aromatic heterocycles. The van der Waals surface area contributed by atoms with Crippen molar-refractivity contribution in [3.05, 3.63) is 59.2 Å². The highest BCUT2D eigenvalue weighted by atomic mass is 16.4. The summed E-state index contributed by atoms with van der Waals surface area (Å²) in [6.07, 6.45) is 0. The van der Waals surface area contributed by atoms with E-state index in [1.807, 2.05) is 6.07 Å². The van der Waals surface area contributed by atoms with Crippen LogP contribution in [0.3, 0.4) is 0 Å². The van der Waals surface area contributed by atoms with Crippen LogP contribution in [0, 0.1) is 6.92 Å². The molecule has 0 spiro atoms. The third-order valence-corrected chi connectivity index (χ3v) is 3.25. The van der Waals surface area contributed by atoms with Crippen molar-refractivity contribution < 1.29 is 14.7 Å². The van der Waals surface area contributed by atoms with Crippen LogP contribution >= 0.6 is 0 Å². The molecule has 0 unspecified atom stereocenters. The Morgan fingerprint density at radius 3 is 2.24 bits per heavy atom. The molecular weight excluding hydrogens is 268 g/mol. The molecule has 21 heavy (non-hydrogen) atoms. The molecular formula is C16H16N2O3. The second-order valence-corrected chi connectivity index (χ2v) is 4.53. The van der Waals surface area contributed by atoms with Crippen LogP contribution in [0.15, 0.2) is 42.5 Å². The number of benzene rings is 2. The van der Waals surface area contributed by atoms with E-state index >= 15 is 0 Å². The monoisotopic (exact) mass is 284 g/mol. The van der Waals surface area contributed by atoms with Gasteiger partial charge in [0.1, 0.15) is 0 Å². The molecule has 1 amide bonds. The molecule has 5 heteroatoms. The Bertz CT molecular complexity index is 696. The van der Waals surface area contributed by atoms with Crippen LogP contribution in [0.2, 0.25) is 0 Å². The number of amides is 1. The van der Waals surface area contributed by atoms with Crippen molar-refractivity contribution in [2.75, 3.05) is 17.7 Å². The van der Waals surface area contributed by atoms with Gasteiger partial charge in [-0.05, 0) is 36.8 Å². The highest BCUT2D eigenvalue weighted by Crippen LogP contribution is 2.21. The molecule has 0 radical (unpaired) electrons. The molecule has 0 heterocycles. The fourth-order valence-corrected chi connectivity index (χ4v) is 2.09. The molecule has 0 aliphatic heterocycles. The van der Waals surface area contributed by atoms with E-state index < -0.39 is 5.97 Å². The number of nitrogens with one attached hydrogen (secondary N) is 2. The number of para-hydroxylation sites is 1. The van der Waals surface area contributed by atoms with Gasteiger partial charge in [-0.3, -0.25) is 4.79 Å². The second-order valence-electron chi connectivity index (χ2n) is 4.53. The minimum atomic E-state index is -1.01. The van der Waals surface area contributed by atoms with Gasteiger partial charge in [-0.25, -0.2) is 4.79 Å². The van der Waals surface area contributed by atoms with Gasteiger partial charge in [-0.2, -0.15) is 0 Å². The Morgan fingerprint density at radius 2 is 1.57 bits per heavy atom. The van der Waals surface area contributed by atoms with E-state index in [9.17, 15) is 9.59 Å². The van der Waals surface area contributed by atoms with Crippen LogP contribution in [-0.2, 0) is 0 Å². The molecule has 0 fully saturated rings. The van der Waals surface area contributed by atoms with Crippen LogP contribution in [0.5, 0.6) is 0 Å². The average Bonchev–Trinajstić information content (AvgIpc) is 2.48. The van der Waals surface area contributed by atoms with Crippen LogP contribution in [0.25, 0.3) is 0 Å². The number of hydrogen-bond donors (Lipinski definition) is 3. The van der Waals surface area contributed by atoms with Crippen LogP contribution in [-0.4, -0.2) is 24.0 Å². The number of rotatable bonds is 4. The number of carbonyl (C=O) groups is 2. The van der Waals surface area contributed by atoms with Crippen molar-refractivity contribution >= 4 is 23.3 Å². The molecule has 0 bridgehead atoms. The standard InChI is InChI=1S/C16H16N2O3/c1-10-11(16(20)21)7-5-9-13(10)18-15(19)12-6-3-4-8-14(12)17-2/h3-9,17H,1-2H3,(H,18,19)(H,20,21). The van der Waals surface area contributed by atoms with Crippen molar-refractivity contribution in [2.45, 2.75) is 6.92 Å². The maximum Gasteiger partial charge on any atom is 0.336 e. The largest absolute Gasteiger partial charge is 0.478 e. The van der Waals surface area contributed by atoms with Crippen LogP contribution in [0.4, 0.5) is 11.4 Å². The highest BCUT2D eigenvalue weighted by Gasteiger charge is 2.14. The maximum atomic E-state index is 12.3. The summed E-state index contributed by atoms with van der Waals surface area (Å²) >= 11 is 0. The number of aromatic carboxylic acids is 1. The number of carboxylic acids is 1. The molecule has 5 nitrogen and oxygen atoms in total. The lowest BCUT2D eigenvalue weighted by atomic mass is 10.1. The van der Waals surface area contributed by atoms with Gasteiger partial charge in [0.2, 0.25) is 0 Å². The average molecular weight is 284 g/mol. The Hall–Kier alpha value is -2.82. The minimum Gasteiger partial charge on any atom is -0.478 e. The van der Waals surface area contributed by atoms with E-state index in [1.165, 1.54) is 6.07 Å². The Kier molecular flexibility index (Phi) is 4.23. The summed E-state index contributed by atoms with van der Waals surface area (Å²) in [6, 6.07) is 11.9. The maximum absolute atomic E-state index is 12.3. The third kappa shape index (κ3) is 3.02. The summed E-state index contributed by atoms with van der Waals surface area (Å²) in [4.78, 5) is 23.4.